The van der Waals surface area contributed by atoms with Gasteiger partial charge in [0.05, 0.1) is 44.1 Å². The molecule has 0 saturated carbocycles. The lowest BCUT2D eigenvalue weighted by atomic mass is 10.1. The Labute approximate surface area is 523 Å². The van der Waals surface area contributed by atoms with Crippen LogP contribution in [0.3, 0.4) is 0 Å². The summed E-state index contributed by atoms with van der Waals surface area (Å²) in [5.41, 5.74) is 22.3. The number of rotatable bonds is 10. The Hall–Kier alpha value is -12.3. The Bertz CT molecular complexity index is 5180. The van der Waals surface area contributed by atoms with Crippen molar-refractivity contribution in [3.8, 4) is 22.7 Å². The second-order valence-corrected chi connectivity index (χ2v) is 23.8. The highest BCUT2D eigenvalue weighted by Gasteiger charge is 2.22. The van der Waals surface area contributed by atoms with Crippen LogP contribution in [0.15, 0.2) is 328 Å². The molecule has 91 heavy (non-hydrogen) atoms. The normalized spacial score (nSPS) is 12.0. The summed E-state index contributed by atoms with van der Waals surface area (Å²) in [5.74, 6) is 0. The second-order valence-electron chi connectivity index (χ2n) is 23.8. The van der Waals surface area contributed by atoms with Crippen molar-refractivity contribution in [1.29, 1.82) is 0 Å². The quantitative estimate of drug-likeness (QED) is 0.148. The van der Waals surface area contributed by atoms with Crippen LogP contribution in [0.1, 0.15) is 0 Å². The van der Waals surface area contributed by atoms with Crippen LogP contribution in [0.25, 0.3) is 132 Å². The zero-order valence-electron chi connectivity index (χ0n) is 49.4. The number of aromatic amines is 1. The van der Waals surface area contributed by atoms with Crippen molar-refractivity contribution in [3.05, 3.63) is 328 Å². The summed E-state index contributed by atoms with van der Waals surface area (Å²) in [6.07, 6.45) is 0. The molecule has 0 radical (unpaired) electrons. The monoisotopic (exact) mass is 1160 g/mol. The molecule has 0 saturated heterocycles. The molecule has 0 unspecified atom stereocenters. The van der Waals surface area contributed by atoms with E-state index in [-0.39, 0.29) is 0 Å². The van der Waals surface area contributed by atoms with E-state index < -0.39 is 0 Å². The van der Waals surface area contributed by atoms with Gasteiger partial charge in [0, 0.05) is 122 Å². The Kier molecular flexibility index (Phi) is 11.2. The molecule has 1 N–H and O–H groups in total. The molecule has 19 aromatic rings. The topological polar surface area (TPSA) is 42.0 Å². The fourth-order valence-corrected chi connectivity index (χ4v) is 14.9. The van der Waals surface area contributed by atoms with E-state index in [1.165, 1.54) is 87.2 Å². The maximum atomic E-state index is 3.83. The number of aromatic nitrogens is 5. The molecule has 0 aliphatic heterocycles. The number of nitrogens with one attached hydrogen (secondary N) is 1. The first-order valence-corrected chi connectivity index (χ1v) is 31.2. The van der Waals surface area contributed by atoms with Gasteiger partial charge in [-0.3, -0.25) is 0 Å². The van der Waals surface area contributed by atoms with E-state index in [9.17, 15) is 0 Å². The molecule has 14 aromatic carbocycles. The highest BCUT2D eigenvalue weighted by Crippen LogP contribution is 2.44. The van der Waals surface area contributed by atoms with Crippen LogP contribution in [-0.2, 0) is 0 Å². The highest BCUT2D eigenvalue weighted by atomic mass is 15.2. The number of hydrogen-bond donors (Lipinski definition) is 1. The average molecular weight is 1160 g/mol. The molecule has 426 valence electrons. The van der Waals surface area contributed by atoms with Gasteiger partial charge >= 0.3 is 0 Å². The number of benzene rings is 14. The van der Waals surface area contributed by atoms with Gasteiger partial charge in [-0.05, 0) is 182 Å². The molecule has 7 heteroatoms. The maximum absolute atomic E-state index is 3.83. The maximum Gasteiger partial charge on any atom is 0.0541 e. The SMILES string of the molecule is c1ccc2c(c1)c1ccccc1n2-c1ccc(N(c2ccc(-n3c4ccccc4c4ccccc43)cc2)c2ccc3[nH]c4ccc(N(c5ccc(-n6c7ccccc7c7ccccc76)cc5)c5ccc(-n6c7ccccc7c7ccccc76)cc5)cc4c3c2)cc1. The lowest BCUT2D eigenvalue weighted by molar-refractivity contribution is 1.17. The van der Waals surface area contributed by atoms with E-state index in [2.05, 4.69) is 361 Å². The van der Waals surface area contributed by atoms with E-state index in [0.717, 1.165) is 78.7 Å². The third-order valence-electron chi connectivity index (χ3n) is 18.9. The van der Waals surface area contributed by atoms with Gasteiger partial charge < -0.3 is 33.1 Å². The Morgan fingerprint density at radius 1 is 0.176 bits per heavy atom. The summed E-state index contributed by atoms with van der Waals surface area (Å²) in [6, 6.07) is 120. The molecule has 0 atom stereocenters. The van der Waals surface area contributed by atoms with Gasteiger partial charge in [-0.1, -0.05) is 146 Å². The third-order valence-corrected chi connectivity index (χ3v) is 18.9. The molecule has 0 aliphatic rings. The molecule has 5 heterocycles. The molecule has 5 aromatic heterocycles. The molecule has 7 nitrogen and oxygen atoms in total. The van der Waals surface area contributed by atoms with Gasteiger partial charge in [0.1, 0.15) is 0 Å². The van der Waals surface area contributed by atoms with Crippen molar-refractivity contribution < 1.29 is 0 Å². The molecule has 0 fully saturated rings. The van der Waals surface area contributed by atoms with E-state index >= 15 is 0 Å². The van der Waals surface area contributed by atoms with Gasteiger partial charge in [0.25, 0.3) is 0 Å². The lowest BCUT2D eigenvalue weighted by Crippen LogP contribution is -2.10. The smallest absolute Gasteiger partial charge is 0.0541 e. The summed E-state index contributed by atoms with van der Waals surface area (Å²) in [7, 11) is 0. The molecule has 0 bridgehead atoms. The number of hydrogen-bond acceptors (Lipinski definition) is 2. The number of nitrogens with zero attached hydrogens (tertiary/aromatic N) is 6. The van der Waals surface area contributed by atoms with E-state index in [0.29, 0.717) is 0 Å². The zero-order chi connectivity index (χ0) is 59.7. The van der Waals surface area contributed by atoms with Crippen LogP contribution < -0.4 is 9.80 Å². The summed E-state index contributed by atoms with van der Waals surface area (Å²) in [5, 5.41) is 12.2. The summed E-state index contributed by atoms with van der Waals surface area (Å²) < 4.78 is 9.55. The zero-order valence-corrected chi connectivity index (χ0v) is 49.4. The van der Waals surface area contributed by atoms with Crippen molar-refractivity contribution in [3.63, 3.8) is 0 Å². The van der Waals surface area contributed by atoms with Crippen LogP contribution in [0.4, 0.5) is 34.1 Å². The fraction of sp³-hybridized carbons (Fsp3) is 0. The van der Waals surface area contributed by atoms with E-state index in [1.54, 1.807) is 0 Å². The Morgan fingerprint density at radius 3 is 0.571 bits per heavy atom. The summed E-state index contributed by atoms with van der Waals surface area (Å²) >= 11 is 0. The minimum absolute atomic E-state index is 1.05. The van der Waals surface area contributed by atoms with Crippen molar-refractivity contribution >= 4 is 143 Å². The van der Waals surface area contributed by atoms with Crippen LogP contribution in [0, 0.1) is 0 Å². The number of para-hydroxylation sites is 8. The van der Waals surface area contributed by atoms with Gasteiger partial charge in [-0.25, -0.2) is 0 Å². The van der Waals surface area contributed by atoms with Crippen molar-refractivity contribution in [1.82, 2.24) is 23.3 Å². The number of fused-ring (bicyclic) bond motifs is 15. The molecule has 19 rings (SSSR count). The van der Waals surface area contributed by atoms with E-state index in [1.807, 2.05) is 0 Å². The predicted molar refractivity (Wildman–Crippen MR) is 383 cm³/mol. The molecular weight excluding hydrogens is 1110 g/mol. The van der Waals surface area contributed by atoms with Crippen LogP contribution >= 0.6 is 0 Å². The molecule has 0 amide bonds. The molecule has 0 spiro atoms. The average Bonchev–Trinajstić information content (AvgIpc) is 1.48. The highest BCUT2D eigenvalue weighted by molar-refractivity contribution is 6.14. The van der Waals surface area contributed by atoms with E-state index in [4.69, 9.17) is 0 Å². The molecule has 0 aliphatic carbocycles. The first-order chi connectivity index (χ1) is 45.1. The summed E-state index contributed by atoms with van der Waals surface area (Å²) in [6.45, 7) is 0. The first kappa shape index (κ1) is 50.8. The summed E-state index contributed by atoms with van der Waals surface area (Å²) in [4.78, 5) is 8.63. The number of anilines is 6. The largest absolute Gasteiger partial charge is 0.355 e. The van der Waals surface area contributed by atoms with Crippen LogP contribution in [0.5, 0.6) is 0 Å². The van der Waals surface area contributed by atoms with Crippen molar-refractivity contribution in [2.24, 2.45) is 0 Å². The lowest BCUT2D eigenvalue weighted by Gasteiger charge is -2.27. The Balaban J connectivity index is 0.759. The van der Waals surface area contributed by atoms with Gasteiger partial charge in [0.2, 0.25) is 0 Å². The van der Waals surface area contributed by atoms with Gasteiger partial charge in [-0.2, -0.15) is 0 Å². The second kappa shape index (κ2) is 20.1. The standard InChI is InChI=1S/C84H55N7/c1-9-25-77-65(17-1)66-18-2-10-26-78(66)88(77)59-41-33-55(34-42-59)86(56-35-43-60(44-36-56)89-79-27-11-3-19-67(79)68-20-4-12-28-80(68)89)63-49-51-75-73(53-63)74-54-64(50-52-76(74)85-75)87(57-37-45-61(46-38-57)90-81-29-13-5-21-69(81)70-22-6-14-30-82(70)90)58-39-47-62(48-40-58)91-83-31-15-7-23-71(83)72-24-8-16-32-84(72)91/h1-54,85H. The molecular formula is C84H55N7. The number of H-pyrrole nitrogens is 1. The first-order valence-electron chi connectivity index (χ1n) is 31.2. The minimum Gasteiger partial charge on any atom is -0.355 e. The van der Waals surface area contributed by atoms with Crippen molar-refractivity contribution in [2.75, 3.05) is 9.80 Å². The van der Waals surface area contributed by atoms with Gasteiger partial charge in [-0.15, -0.1) is 0 Å². The Morgan fingerprint density at radius 2 is 0.363 bits per heavy atom. The van der Waals surface area contributed by atoms with Gasteiger partial charge in [0.15, 0.2) is 0 Å². The van der Waals surface area contributed by atoms with Crippen LogP contribution in [0.2, 0.25) is 0 Å². The van der Waals surface area contributed by atoms with Crippen LogP contribution in [-0.4, -0.2) is 23.3 Å². The third kappa shape index (κ3) is 7.88. The minimum atomic E-state index is 1.05. The van der Waals surface area contributed by atoms with Crippen molar-refractivity contribution in [2.45, 2.75) is 0 Å². The predicted octanol–water partition coefficient (Wildman–Crippen LogP) is 22.6. The fourth-order valence-electron chi connectivity index (χ4n) is 14.9.